The van der Waals surface area contributed by atoms with Crippen LogP contribution in [0.3, 0.4) is 0 Å². The van der Waals surface area contributed by atoms with Crippen molar-refractivity contribution in [1.82, 2.24) is 19.7 Å². The highest BCUT2D eigenvalue weighted by atomic mass is 15.3. The van der Waals surface area contributed by atoms with Gasteiger partial charge in [0.25, 0.3) is 0 Å². The fourth-order valence-corrected chi connectivity index (χ4v) is 2.07. The number of hydrogen-bond donors (Lipinski definition) is 1. The van der Waals surface area contributed by atoms with Gasteiger partial charge in [0.2, 0.25) is 0 Å². The number of pyridine rings is 1. The van der Waals surface area contributed by atoms with E-state index in [4.69, 9.17) is 0 Å². The molecule has 106 valence electrons. The summed E-state index contributed by atoms with van der Waals surface area (Å²) in [5.41, 5.74) is 4.88. The molecule has 0 unspecified atom stereocenters. The average Bonchev–Trinajstić information content (AvgIpc) is 3.03. The van der Waals surface area contributed by atoms with Crippen LogP contribution in [0.1, 0.15) is 16.7 Å². The predicted molar refractivity (Wildman–Crippen MR) is 82.4 cm³/mol. The normalized spacial score (nSPS) is 10.6. The fourth-order valence-electron chi connectivity index (χ4n) is 2.07. The average molecular weight is 279 g/mol. The molecule has 0 saturated carbocycles. The molecule has 0 spiro atoms. The molecule has 3 aromatic rings. The maximum Gasteiger partial charge on any atom is 0.155 e. The number of aryl methyl sites for hydroxylation is 2. The Bertz CT molecular complexity index is 717. The molecule has 0 radical (unpaired) electrons. The number of rotatable bonds is 4. The number of aromatic nitrogens is 4. The first-order valence-corrected chi connectivity index (χ1v) is 6.83. The Morgan fingerprint density at radius 1 is 1.10 bits per heavy atom. The van der Waals surface area contributed by atoms with E-state index in [0.717, 1.165) is 18.1 Å². The second-order valence-electron chi connectivity index (χ2n) is 5.02. The monoisotopic (exact) mass is 279 g/mol. The van der Waals surface area contributed by atoms with Crippen LogP contribution in [0.15, 0.2) is 49.2 Å². The summed E-state index contributed by atoms with van der Waals surface area (Å²) in [7, 11) is 0. The van der Waals surface area contributed by atoms with E-state index in [2.05, 4.69) is 52.4 Å². The van der Waals surface area contributed by atoms with Crippen LogP contribution in [0, 0.1) is 13.8 Å². The van der Waals surface area contributed by atoms with Crippen molar-refractivity contribution in [3.63, 3.8) is 0 Å². The lowest BCUT2D eigenvalue weighted by Gasteiger charge is -2.09. The van der Waals surface area contributed by atoms with Crippen molar-refractivity contribution in [2.24, 2.45) is 0 Å². The third-order valence-electron chi connectivity index (χ3n) is 3.47. The van der Waals surface area contributed by atoms with Crippen molar-refractivity contribution < 1.29 is 0 Å². The lowest BCUT2D eigenvalue weighted by Crippen LogP contribution is -2.02. The molecule has 0 aliphatic rings. The molecule has 3 rings (SSSR count). The lowest BCUT2D eigenvalue weighted by molar-refractivity contribution is 0.845. The number of benzene rings is 1. The summed E-state index contributed by atoms with van der Waals surface area (Å²) in [5.74, 6) is 0.754. The highest BCUT2D eigenvalue weighted by Gasteiger charge is 2.00. The Morgan fingerprint density at radius 3 is 2.67 bits per heavy atom. The SMILES string of the molecule is Cc1ccc(CNc2ccc(-n3cncn3)nc2)cc1C. The predicted octanol–water partition coefficient (Wildman–Crippen LogP) is 2.89. The molecule has 0 aliphatic carbocycles. The quantitative estimate of drug-likeness (QED) is 0.798. The van der Waals surface area contributed by atoms with Gasteiger partial charge in [-0.05, 0) is 42.7 Å². The molecule has 21 heavy (non-hydrogen) atoms. The van der Waals surface area contributed by atoms with Gasteiger partial charge in [-0.15, -0.1) is 0 Å². The highest BCUT2D eigenvalue weighted by molar-refractivity contribution is 5.44. The van der Waals surface area contributed by atoms with Crippen LogP contribution in [0.4, 0.5) is 5.69 Å². The molecule has 0 fully saturated rings. The van der Waals surface area contributed by atoms with E-state index in [0.29, 0.717) is 0 Å². The fraction of sp³-hybridized carbons (Fsp3) is 0.188. The number of hydrogen-bond acceptors (Lipinski definition) is 4. The zero-order valence-corrected chi connectivity index (χ0v) is 12.1. The third-order valence-corrected chi connectivity index (χ3v) is 3.47. The van der Waals surface area contributed by atoms with Crippen LogP contribution in [0.5, 0.6) is 0 Å². The molecule has 1 aromatic carbocycles. The Hall–Kier alpha value is -2.69. The van der Waals surface area contributed by atoms with E-state index in [1.54, 1.807) is 17.2 Å². The molecule has 0 bridgehead atoms. The van der Waals surface area contributed by atoms with Crippen LogP contribution in [0.2, 0.25) is 0 Å². The summed E-state index contributed by atoms with van der Waals surface area (Å²) in [6.45, 7) is 5.04. The van der Waals surface area contributed by atoms with E-state index < -0.39 is 0 Å². The summed E-state index contributed by atoms with van der Waals surface area (Å²) in [6, 6.07) is 10.4. The van der Waals surface area contributed by atoms with E-state index in [-0.39, 0.29) is 0 Å². The topological polar surface area (TPSA) is 55.6 Å². The Kier molecular flexibility index (Phi) is 3.64. The van der Waals surface area contributed by atoms with Crippen molar-refractivity contribution in [2.45, 2.75) is 20.4 Å². The van der Waals surface area contributed by atoms with Crippen molar-refractivity contribution in [3.8, 4) is 5.82 Å². The van der Waals surface area contributed by atoms with Gasteiger partial charge in [-0.25, -0.2) is 14.6 Å². The number of nitrogens with zero attached hydrogens (tertiary/aromatic N) is 4. The van der Waals surface area contributed by atoms with Gasteiger partial charge in [-0.2, -0.15) is 5.10 Å². The van der Waals surface area contributed by atoms with Crippen molar-refractivity contribution >= 4 is 5.69 Å². The second kappa shape index (κ2) is 5.75. The summed E-state index contributed by atoms with van der Waals surface area (Å²) in [4.78, 5) is 8.27. The van der Waals surface area contributed by atoms with Crippen molar-refractivity contribution in [1.29, 1.82) is 0 Å². The molecule has 0 aliphatic heterocycles. The Balaban J connectivity index is 1.66. The molecule has 0 amide bonds. The molecule has 2 aromatic heterocycles. The van der Waals surface area contributed by atoms with Gasteiger partial charge in [0.1, 0.15) is 12.7 Å². The largest absolute Gasteiger partial charge is 0.380 e. The van der Waals surface area contributed by atoms with Crippen LogP contribution >= 0.6 is 0 Å². The Morgan fingerprint density at radius 2 is 2.00 bits per heavy atom. The summed E-state index contributed by atoms with van der Waals surface area (Å²) >= 11 is 0. The second-order valence-corrected chi connectivity index (χ2v) is 5.02. The zero-order chi connectivity index (χ0) is 14.7. The molecule has 5 heteroatoms. The molecule has 2 heterocycles. The molecule has 0 saturated heterocycles. The molecular formula is C16H17N5. The number of anilines is 1. The third kappa shape index (κ3) is 3.08. The van der Waals surface area contributed by atoms with Gasteiger partial charge in [-0.1, -0.05) is 18.2 Å². The minimum atomic E-state index is 0.754. The Labute approximate surface area is 123 Å². The number of nitrogens with one attached hydrogen (secondary N) is 1. The first-order valence-electron chi connectivity index (χ1n) is 6.83. The first-order chi connectivity index (χ1) is 10.2. The lowest BCUT2D eigenvalue weighted by atomic mass is 10.1. The van der Waals surface area contributed by atoms with Gasteiger partial charge in [0, 0.05) is 6.54 Å². The minimum absolute atomic E-state index is 0.754. The summed E-state index contributed by atoms with van der Waals surface area (Å²) in [6.07, 6.45) is 4.93. The van der Waals surface area contributed by atoms with Gasteiger partial charge >= 0.3 is 0 Å². The smallest absolute Gasteiger partial charge is 0.155 e. The van der Waals surface area contributed by atoms with Gasteiger partial charge in [-0.3, -0.25) is 0 Å². The molecular weight excluding hydrogens is 262 g/mol. The van der Waals surface area contributed by atoms with Gasteiger partial charge in [0.15, 0.2) is 5.82 Å². The van der Waals surface area contributed by atoms with Crippen LogP contribution in [0.25, 0.3) is 5.82 Å². The molecule has 5 nitrogen and oxygen atoms in total. The summed E-state index contributed by atoms with van der Waals surface area (Å²) < 4.78 is 1.63. The van der Waals surface area contributed by atoms with Crippen LogP contribution in [-0.2, 0) is 6.54 Å². The van der Waals surface area contributed by atoms with Crippen LogP contribution in [-0.4, -0.2) is 19.7 Å². The maximum absolute atomic E-state index is 4.36. The molecule has 0 atom stereocenters. The van der Waals surface area contributed by atoms with Crippen molar-refractivity contribution in [3.05, 3.63) is 65.9 Å². The highest BCUT2D eigenvalue weighted by Crippen LogP contribution is 2.13. The zero-order valence-electron chi connectivity index (χ0n) is 12.1. The standard InChI is InChI=1S/C16H17N5/c1-12-3-4-14(7-13(12)2)8-18-15-5-6-16(19-9-15)21-11-17-10-20-21/h3-7,9-11,18H,8H2,1-2H3. The van der Waals surface area contributed by atoms with E-state index in [1.165, 1.54) is 23.0 Å². The van der Waals surface area contributed by atoms with E-state index in [9.17, 15) is 0 Å². The van der Waals surface area contributed by atoms with Gasteiger partial charge in [0.05, 0.1) is 11.9 Å². The van der Waals surface area contributed by atoms with Crippen LogP contribution < -0.4 is 5.32 Å². The molecule has 1 N–H and O–H groups in total. The van der Waals surface area contributed by atoms with E-state index in [1.807, 2.05) is 12.1 Å². The minimum Gasteiger partial charge on any atom is -0.380 e. The maximum atomic E-state index is 4.36. The van der Waals surface area contributed by atoms with Crippen molar-refractivity contribution in [2.75, 3.05) is 5.32 Å². The summed E-state index contributed by atoms with van der Waals surface area (Å²) in [5, 5.41) is 7.42. The van der Waals surface area contributed by atoms with E-state index >= 15 is 0 Å². The first kappa shape index (κ1) is 13.3. The van der Waals surface area contributed by atoms with Gasteiger partial charge < -0.3 is 5.32 Å².